The zero-order chi connectivity index (χ0) is 17.1. The third-order valence-corrected chi connectivity index (χ3v) is 4.20. The molecule has 0 aliphatic rings. The number of nitrogens with two attached hydrogens (primary N) is 1. The highest BCUT2D eigenvalue weighted by Gasteiger charge is 2.11. The van der Waals surface area contributed by atoms with Gasteiger partial charge in [-0.25, -0.2) is 4.68 Å². The van der Waals surface area contributed by atoms with E-state index in [0.29, 0.717) is 12.5 Å². The molecule has 0 fully saturated rings. The van der Waals surface area contributed by atoms with Crippen LogP contribution in [-0.4, -0.2) is 16.9 Å². The number of hydrogen-bond acceptors (Lipinski definition) is 3. The lowest BCUT2D eigenvalue weighted by Crippen LogP contribution is -1.96. The minimum Gasteiger partial charge on any atom is -0.497 e. The molecule has 0 atom stereocenters. The van der Waals surface area contributed by atoms with Crippen LogP contribution in [0.2, 0.25) is 0 Å². The zero-order valence-corrected chi connectivity index (χ0v) is 14.4. The quantitative estimate of drug-likeness (QED) is 0.768. The first-order valence-corrected chi connectivity index (χ1v) is 8.15. The molecule has 0 bridgehead atoms. The van der Waals surface area contributed by atoms with Crippen molar-refractivity contribution >= 4 is 0 Å². The van der Waals surface area contributed by atoms with Crippen molar-refractivity contribution in [3.8, 4) is 22.7 Å². The molecule has 0 radical (unpaired) electrons. The second kappa shape index (κ2) is 6.89. The number of aromatic nitrogens is 2. The molecular formula is C20H23N3O. The average molecular weight is 321 g/mol. The lowest BCUT2D eigenvalue weighted by molar-refractivity contribution is 0.415. The maximum Gasteiger partial charge on any atom is 0.118 e. The van der Waals surface area contributed by atoms with Gasteiger partial charge in [0.05, 0.1) is 18.5 Å². The number of hydrogen-bond donors (Lipinski definition) is 1. The number of nitrogens with zero attached hydrogens (tertiary/aromatic N) is 2. The monoisotopic (exact) mass is 321 g/mol. The van der Waals surface area contributed by atoms with Gasteiger partial charge in [-0.05, 0) is 47.9 Å². The highest BCUT2D eigenvalue weighted by Crippen LogP contribution is 2.26. The topological polar surface area (TPSA) is 53.1 Å². The maximum absolute atomic E-state index is 5.92. The molecule has 124 valence electrons. The molecule has 0 unspecified atom stereocenters. The van der Waals surface area contributed by atoms with Crippen molar-refractivity contribution in [1.29, 1.82) is 0 Å². The molecular weight excluding hydrogens is 298 g/mol. The molecule has 1 heterocycles. The van der Waals surface area contributed by atoms with Crippen molar-refractivity contribution in [3.63, 3.8) is 0 Å². The lowest BCUT2D eigenvalue weighted by atomic mass is 10.0. The van der Waals surface area contributed by atoms with Crippen molar-refractivity contribution in [2.45, 2.75) is 26.3 Å². The van der Waals surface area contributed by atoms with Crippen LogP contribution in [0.5, 0.6) is 5.75 Å². The van der Waals surface area contributed by atoms with Gasteiger partial charge in [-0.15, -0.1) is 0 Å². The molecule has 4 nitrogen and oxygen atoms in total. The molecule has 3 aromatic rings. The van der Waals surface area contributed by atoms with Gasteiger partial charge in [0, 0.05) is 23.9 Å². The van der Waals surface area contributed by atoms with E-state index in [-0.39, 0.29) is 0 Å². The fraction of sp³-hybridized carbons (Fsp3) is 0.250. The first kappa shape index (κ1) is 16.3. The molecule has 4 heteroatoms. The van der Waals surface area contributed by atoms with Gasteiger partial charge in [-0.1, -0.05) is 26.0 Å². The summed E-state index contributed by atoms with van der Waals surface area (Å²) >= 11 is 0. The summed E-state index contributed by atoms with van der Waals surface area (Å²) in [6.45, 7) is 4.83. The van der Waals surface area contributed by atoms with Crippen LogP contribution in [-0.2, 0) is 6.54 Å². The predicted octanol–water partition coefficient (Wildman–Crippen LogP) is 4.13. The Kier molecular flexibility index (Phi) is 4.67. The molecule has 2 aromatic carbocycles. The zero-order valence-electron chi connectivity index (χ0n) is 14.4. The van der Waals surface area contributed by atoms with Crippen LogP contribution in [0.15, 0.2) is 54.7 Å². The molecule has 3 rings (SSSR count). The van der Waals surface area contributed by atoms with E-state index in [0.717, 1.165) is 28.3 Å². The fourth-order valence-corrected chi connectivity index (χ4v) is 2.70. The number of methoxy groups -OCH3 is 1. The average Bonchev–Trinajstić information content (AvgIpc) is 3.06. The number of ether oxygens (including phenoxy) is 1. The third kappa shape index (κ3) is 3.19. The minimum absolute atomic E-state index is 0.450. The van der Waals surface area contributed by atoms with Crippen molar-refractivity contribution in [3.05, 3.63) is 65.9 Å². The van der Waals surface area contributed by atoms with E-state index in [1.165, 1.54) is 5.56 Å². The van der Waals surface area contributed by atoms with Gasteiger partial charge in [0.1, 0.15) is 5.75 Å². The Morgan fingerprint density at radius 2 is 1.71 bits per heavy atom. The normalized spacial score (nSPS) is 11.0. The van der Waals surface area contributed by atoms with Crippen LogP contribution in [0.25, 0.3) is 16.9 Å². The van der Waals surface area contributed by atoms with Gasteiger partial charge in [0.25, 0.3) is 0 Å². The van der Waals surface area contributed by atoms with Crippen molar-refractivity contribution in [2.24, 2.45) is 5.73 Å². The molecule has 0 amide bonds. The van der Waals surface area contributed by atoms with E-state index >= 15 is 0 Å². The van der Waals surface area contributed by atoms with Crippen LogP contribution < -0.4 is 10.5 Å². The summed E-state index contributed by atoms with van der Waals surface area (Å²) in [6, 6.07) is 16.4. The Morgan fingerprint density at radius 1 is 1.04 bits per heavy atom. The van der Waals surface area contributed by atoms with Crippen molar-refractivity contribution < 1.29 is 4.74 Å². The smallest absolute Gasteiger partial charge is 0.118 e. The minimum atomic E-state index is 0.450. The molecule has 24 heavy (non-hydrogen) atoms. The second-order valence-electron chi connectivity index (χ2n) is 6.13. The van der Waals surface area contributed by atoms with Crippen LogP contribution in [0, 0.1) is 0 Å². The second-order valence-corrected chi connectivity index (χ2v) is 6.13. The molecule has 0 aliphatic heterocycles. The van der Waals surface area contributed by atoms with Crippen molar-refractivity contribution in [2.75, 3.05) is 7.11 Å². The number of rotatable bonds is 5. The summed E-state index contributed by atoms with van der Waals surface area (Å²) in [7, 11) is 1.66. The Morgan fingerprint density at radius 3 is 2.25 bits per heavy atom. The van der Waals surface area contributed by atoms with E-state index < -0.39 is 0 Å². The summed E-state index contributed by atoms with van der Waals surface area (Å²) in [6.07, 6.45) is 2.00. The van der Waals surface area contributed by atoms with Gasteiger partial charge >= 0.3 is 0 Å². The summed E-state index contributed by atoms with van der Waals surface area (Å²) in [4.78, 5) is 0. The van der Waals surface area contributed by atoms with Gasteiger partial charge in [-0.3, -0.25) is 0 Å². The highest BCUT2D eigenvalue weighted by atomic mass is 16.5. The fourth-order valence-electron chi connectivity index (χ4n) is 2.70. The van der Waals surface area contributed by atoms with E-state index in [4.69, 9.17) is 15.6 Å². The highest BCUT2D eigenvalue weighted by molar-refractivity contribution is 5.64. The Labute approximate surface area is 142 Å². The first-order chi connectivity index (χ1) is 11.6. The molecule has 2 N–H and O–H groups in total. The maximum atomic E-state index is 5.92. The summed E-state index contributed by atoms with van der Waals surface area (Å²) in [5.74, 6) is 1.35. The van der Waals surface area contributed by atoms with Crippen LogP contribution in [0.4, 0.5) is 0 Å². The first-order valence-electron chi connectivity index (χ1n) is 8.15. The Bertz CT molecular complexity index is 802. The van der Waals surface area contributed by atoms with Crippen molar-refractivity contribution in [1.82, 2.24) is 9.78 Å². The van der Waals surface area contributed by atoms with Gasteiger partial charge in [0.15, 0.2) is 0 Å². The molecule has 0 saturated heterocycles. The Hall–Kier alpha value is -2.59. The summed E-state index contributed by atoms with van der Waals surface area (Å²) in [5.41, 5.74) is 11.2. The van der Waals surface area contributed by atoms with Gasteiger partial charge < -0.3 is 10.5 Å². The summed E-state index contributed by atoms with van der Waals surface area (Å²) < 4.78 is 7.11. The SMILES string of the molecule is COc1ccc(-c2nn(-c3ccc(C(C)C)cc3)cc2CN)cc1. The molecule has 1 aromatic heterocycles. The van der Waals surface area contributed by atoms with E-state index in [2.05, 4.69) is 38.1 Å². The van der Waals surface area contributed by atoms with Gasteiger partial charge in [0.2, 0.25) is 0 Å². The van der Waals surface area contributed by atoms with Gasteiger partial charge in [-0.2, -0.15) is 5.10 Å². The third-order valence-electron chi connectivity index (χ3n) is 4.20. The number of benzene rings is 2. The van der Waals surface area contributed by atoms with Crippen LogP contribution >= 0.6 is 0 Å². The lowest BCUT2D eigenvalue weighted by Gasteiger charge is -2.07. The largest absolute Gasteiger partial charge is 0.497 e. The molecule has 0 saturated carbocycles. The van der Waals surface area contributed by atoms with Crippen LogP contribution in [0.1, 0.15) is 30.9 Å². The standard InChI is InChI=1S/C20H23N3O/c1-14(2)15-4-8-18(9-5-15)23-13-17(12-21)20(22-23)16-6-10-19(24-3)11-7-16/h4-11,13-14H,12,21H2,1-3H3. The van der Waals surface area contributed by atoms with E-state index in [1.807, 2.05) is 35.1 Å². The van der Waals surface area contributed by atoms with E-state index in [1.54, 1.807) is 7.11 Å². The molecule has 0 spiro atoms. The van der Waals surface area contributed by atoms with E-state index in [9.17, 15) is 0 Å². The molecule has 0 aliphatic carbocycles. The predicted molar refractivity (Wildman–Crippen MR) is 97.5 cm³/mol. The Balaban J connectivity index is 1.97. The summed E-state index contributed by atoms with van der Waals surface area (Å²) in [5, 5.41) is 4.75. The van der Waals surface area contributed by atoms with Crippen LogP contribution in [0.3, 0.4) is 0 Å².